The molecule has 0 heterocycles. The number of rotatable bonds is 4. The second-order valence-electron chi connectivity index (χ2n) is 7.32. The summed E-state index contributed by atoms with van der Waals surface area (Å²) >= 11 is 3.53. The molecule has 1 aromatic carbocycles. The van der Waals surface area contributed by atoms with Crippen LogP contribution in [0.15, 0.2) is 16.6 Å². The quantitative estimate of drug-likeness (QED) is 0.730. The molecule has 0 saturated heterocycles. The van der Waals surface area contributed by atoms with Crippen molar-refractivity contribution in [2.24, 2.45) is 5.92 Å². The Morgan fingerprint density at radius 1 is 1.27 bits per heavy atom. The van der Waals surface area contributed by atoms with Crippen LogP contribution >= 0.6 is 15.9 Å². The zero-order chi connectivity index (χ0) is 16.5. The summed E-state index contributed by atoms with van der Waals surface area (Å²) in [4.78, 5) is 14.4. The van der Waals surface area contributed by atoms with Crippen LogP contribution in [0, 0.1) is 19.8 Å². The van der Waals surface area contributed by atoms with Crippen molar-refractivity contribution in [2.45, 2.75) is 59.6 Å². The van der Waals surface area contributed by atoms with Gasteiger partial charge in [-0.3, -0.25) is 0 Å². The van der Waals surface area contributed by atoms with Crippen molar-refractivity contribution in [3.8, 4) is 0 Å². The van der Waals surface area contributed by atoms with Gasteiger partial charge in [-0.25, -0.2) is 4.79 Å². The minimum absolute atomic E-state index is 0.207. The lowest BCUT2D eigenvalue weighted by molar-refractivity contribution is 0.0223. The van der Waals surface area contributed by atoms with E-state index in [1.54, 1.807) is 0 Å². The first-order valence-electron chi connectivity index (χ1n) is 7.89. The van der Waals surface area contributed by atoms with Crippen molar-refractivity contribution in [3.05, 3.63) is 33.3 Å². The molecule has 1 aliphatic carbocycles. The van der Waals surface area contributed by atoms with Gasteiger partial charge in [0.25, 0.3) is 0 Å². The van der Waals surface area contributed by atoms with E-state index in [9.17, 15) is 4.79 Å². The van der Waals surface area contributed by atoms with E-state index in [0.717, 1.165) is 11.0 Å². The lowest BCUT2D eigenvalue weighted by atomic mass is 10.0. The molecule has 4 heteroatoms. The number of hydrogen-bond donors (Lipinski definition) is 0. The highest BCUT2D eigenvalue weighted by Gasteiger charge is 2.30. The van der Waals surface area contributed by atoms with E-state index >= 15 is 0 Å². The second kappa shape index (κ2) is 6.61. The normalized spacial score (nSPS) is 14.8. The molecule has 1 aliphatic rings. The maximum absolute atomic E-state index is 12.5. The molecule has 1 amide bonds. The SMILES string of the molecule is Cc1cc(Br)cc(C)c1CN(CC1CC1)C(=O)OC(C)(C)C. The number of hydrogen-bond acceptors (Lipinski definition) is 2. The molecule has 22 heavy (non-hydrogen) atoms. The molecule has 0 spiro atoms. The monoisotopic (exact) mass is 367 g/mol. The van der Waals surface area contributed by atoms with Crippen LogP contribution in [0.25, 0.3) is 0 Å². The fourth-order valence-electron chi connectivity index (χ4n) is 2.52. The minimum atomic E-state index is -0.456. The van der Waals surface area contributed by atoms with Crippen LogP contribution in [0.4, 0.5) is 4.79 Å². The lowest BCUT2D eigenvalue weighted by Crippen LogP contribution is -2.38. The first kappa shape index (κ1) is 17.3. The Labute approximate surface area is 142 Å². The molecule has 1 aromatic rings. The number of halogens is 1. The standard InChI is InChI=1S/C18H26BrNO2/c1-12-8-15(19)9-13(2)16(12)11-20(10-14-6-7-14)17(21)22-18(3,4)5/h8-9,14H,6-7,10-11H2,1-5H3. The molecule has 2 rings (SSSR count). The molecular formula is C18H26BrNO2. The van der Waals surface area contributed by atoms with Gasteiger partial charge in [0.1, 0.15) is 5.60 Å². The third-order valence-corrected chi connectivity index (χ3v) is 4.29. The first-order valence-corrected chi connectivity index (χ1v) is 8.68. The highest BCUT2D eigenvalue weighted by Crippen LogP contribution is 2.31. The average Bonchev–Trinajstić information content (AvgIpc) is 3.13. The Balaban J connectivity index is 2.17. The summed E-state index contributed by atoms with van der Waals surface area (Å²) in [5.74, 6) is 0.642. The summed E-state index contributed by atoms with van der Waals surface area (Å²) in [6.07, 6.45) is 2.23. The Hall–Kier alpha value is -1.03. The van der Waals surface area contributed by atoms with Gasteiger partial charge in [0.15, 0.2) is 0 Å². The van der Waals surface area contributed by atoms with Gasteiger partial charge >= 0.3 is 6.09 Å². The van der Waals surface area contributed by atoms with Gasteiger partial charge in [-0.15, -0.1) is 0 Å². The number of carbonyl (C=O) groups is 1. The average molecular weight is 368 g/mol. The van der Waals surface area contributed by atoms with E-state index in [1.807, 2.05) is 25.7 Å². The van der Waals surface area contributed by atoms with Crippen LogP contribution < -0.4 is 0 Å². The van der Waals surface area contributed by atoms with E-state index in [1.165, 1.54) is 29.5 Å². The third-order valence-electron chi connectivity index (χ3n) is 3.84. The predicted molar refractivity (Wildman–Crippen MR) is 93.0 cm³/mol. The van der Waals surface area contributed by atoms with Gasteiger partial charge < -0.3 is 9.64 Å². The molecule has 0 aliphatic heterocycles. The number of amides is 1. The molecule has 0 radical (unpaired) electrons. The maximum Gasteiger partial charge on any atom is 0.410 e. The topological polar surface area (TPSA) is 29.5 Å². The number of ether oxygens (including phenoxy) is 1. The predicted octanol–water partition coefficient (Wildman–Crippen LogP) is 5.21. The van der Waals surface area contributed by atoms with Crippen molar-refractivity contribution in [3.63, 3.8) is 0 Å². The highest BCUT2D eigenvalue weighted by molar-refractivity contribution is 9.10. The first-order chi connectivity index (χ1) is 10.2. The number of benzene rings is 1. The van der Waals surface area contributed by atoms with Crippen LogP contribution in [-0.2, 0) is 11.3 Å². The Kier molecular flexibility index (Phi) is 5.21. The van der Waals surface area contributed by atoms with Crippen molar-refractivity contribution < 1.29 is 9.53 Å². The molecule has 0 atom stereocenters. The van der Waals surface area contributed by atoms with E-state index in [-0.39, 0.29) is 6.09 Å². The minimum Gasteiger partial charge on any atom is -0.444 e. The van der Waals surface area contributed by atoms with Gasteiger partial charge in [0.05, 0.1) is 0 Å². The molecule has 1 fully saturated rings. The zero-order valence-electron chi connectivity index (χ0n) is 14.2. The van der Waals surface area contributed by atoms with Crippen molar-refractivity contribution in [1.29, 1.82) is 0 Å². The largest absolute Gasteiger partial charge is 0.444 e. The summed E-state index contributed by atoms with van der Waals surface area (Å²) in [6.45, 7) is 11.3. The van der Waals surface area contributed by atoms with E-state index in [2.05, 4.69) is 41.9 Å². The Bertz CT molecular complexity index is 536. The summed E-state index contributed by atoms with van der Waals surface area (Å²) in [5.41, 5.74) is 3.17. The van der Waals surface area contributed by atoms with Crippen LogP contribution in [0.3, 0.4) is 0 Å². The highest BCUT2D eigenvalue weighted by atomic mass is 79.9. The Morgan fingerprint density at radius 2 is 1.82 bits per heavy atom. The molecule has 122 valence electrons. The fourth-order valence-corrected chi connectivity index (χ4v) is 3.21. The molecule has 0 unspecified atom stereocenters. The van der Waals surface area contributed by atoms with E-state index < -0.39 is 5.60 Å². The van der Waals surface area contributed by atoms with Crippen molar-refractivity contribution in [2.75, 3.05) is 6.54 Å². The number of nitrogens with zero attached hydrogens (tertiary/aromatic N) is 1. The van der Waals surface area contributed by atoms with Crippen LogP contribution in [0.2, 0.25) is 0 Å². The fraction of sp³-hybridized carbons (Fsp3) is 0.611. The van der Waals surface area contributed by atoms with E-state index in [0.29, 0.717) is 12.5 Å². The van der Waals surface area contributed by atoms with Crippen LogP contribution in [0.1, 0.15) is 50.3 Å². The van der Waals surface area contributed by atoms with Gasteiger partial charge in [-0.05, 0) is 82.2 Å². The Morgan fingerprint density at radius 3 is 2.27 bits per heavy atom. The maximum atomic E-state index is 12.5. The number of carbonyl (C=O) groups excluding carboxylic acids is 1. The van der Waals surface area contributed by atoms with Gasteiger partial charge in [-0.1, -0.05) is 15.9 Å². The molecule has 0 aromatic heterocycles. The smallest absolute Gasteiger partial charge is 0.410 e. The molecule has 0 N–H and O–H groups in total. The molecule has 3 nitrogen and oxygen atoms in total. The molecule has 0 bridgehead atoms. The number of aryl methyl sites for hydroxylation is 2. The van der Waals surface area contributed by atoms with Crippen LogP contribution in [0.5, 0.6) is 0 Å². The van der Waals surface area contributed by atoms with Crippen LogP contribution in [-0.4, -0.2) is 23.1 Å². The summed E-state index contributed by atoms with van der Waals surface area (Å²) in [6, 6.07) is 4.21. The van der Waals surface area contributed by atoms with Gasteiger partial charge in [0, 0.05) is 17.6 Å². The summed E-state index contributed by atoms with van der Waals surface area (Å²) in [5, 5.41) is 0. The summed E-state index contributed by atoms with van der Waals surface area (Å²) < 4.78 is 6.66. The van der Waals surface area contributed by atoms with Gasteiger partial charge in [-0.2, -0.15) is 0 Å². The lowest BCUT2D eigenvalue weighted by Gasteiger charge is -2.28. The molecule has 1 saturated carbocycles. The van der Waals surface area contributed by atoms with Crippen molar-refractivity contribution in [1.82, 2.24) is 4.90 Å². The summed E-state index contributed by atoms with van der Waals surface area (Å²) in [7, 11) is 0. The van der Waals surface area contributed by atoms with E-state index in [4.69, 9.17) is 4.74 Å². The van der Waals surface area contributed by atoms with Gasteiger partial charge in [0.2, 0.25) is 0 Å². The molecular weight excluding hydrogens is 342 g/mol. The zero-order valence-corrected chi connectivity index (χ0v) is 15.8. The third kappa shape index (κ3) is 5.01. The van der Waals surface area contributed by atoms with Crippen molar-refractivity contribution >= 4 is 22.0 Å². The second-order valence-corrected chi connectivity index (χ2v) is 8.24.